The van der Waals surface area contributed by atoms with Gasteiger partial charge in [0, 0.05) is 10.8 Å². The van der Waals surface area contributed by atoms with Crippen molar-refractivity contribution in [1.82, 2.24) is 0 Å². The Morgan fingerprint density at radius 2 is 0.600 bits per heavy atom. The van der Waals surface area contributed by atoms with Crippen LogP contribution in [0.2, 0.25) is 0 Å². The predicted molar refractivity (Wildman–Crippen MR) is 293 cm³/mol. The van der Waals surface area contributed by atoms with Crippen LogP contribution in [0.3, 0.4) is 0 Å². The minimum atomic E-state index is -0.0410. The summed E-state index contributed by atoms with van der Waals surface area (Å²) in [6.45, 7) is 9.44. The quantitative estimate of drug-likeness (QED) is 0.165. The normalized spacial score (nSPS) is 14.1. The van der Waals surface area contributed by atoms with Gasteiger partial charge in [0.2, 0.25) is 0 Å². The molecule has 332 valence electrons. The molecule has 10 aromatic carbocycles. The third kappa shape index (κ3) is 6.81. The van der Waals surface area contributed by atoms with Gasteiger partial charge < -0.3 is 0 Å². The first kappa shape index (κ1) is 41.8. The molecule has 0 spiro atoms. The van der Waals surface area contributed by atoms with Crippen LogP contribution in [0.25, 0.3) is 68.8 Å². The second-order valence-electron chi connectivity index (χ2n) is 20.5. The maximum Gasteiger partial charge on any atom is 0.0158 e. The maximum absolute atomic E-state index is 2.46. The minimum Gasteiger partial charge on any atom is -0.0622 e. The Morgan fingerprint density at radius 3 is 1.04 bits per heavy atom. The lowest BCUT2D eigenvalue weighted by Crippen LogP contribution is -2.31. The summed E-state index contributed by atoms with van der Waals surface area (Å²) in [6, 6.07) is 80.0. The first-order valence-electron chi connectivity index (χ1n) is 24.7. The highest BCUT2D eigenvalue weighted by atomic mass is 14.3. The standard InChI is InChI=1S/2C35H26/c2*1-35(2)32-17-7-6-12-26(32)19-29-21-28-20-27-15-9-16-30(34(27)31(28)22-33(29)35)25-14-8-13-24(18-25)23-10-4-3-5-11-23/h2*3-22H,1-2H3. The Kier molecular flexibility index (Phi) is 9.65. The SMILES string of the molecule is CC1(C)c2ccccc2C=c2cc3c(cc21)=c1c(-c2cccc(-c4ccccc4)c2)cccc1=C3.CC1(C)c2ccccc2C=c2cc3c(cc21)=c1c(-c2cccc(-c4ccccc4)c2)cccc1=C3. The molecule has 0 aliphatic heterocycles. The van der Waals surface area contributed by atoms with Gasteiger partial charge in [-0.05, 0) is 191 Å². The van der Waals surface area contributed by atoms with Gasteiger partial charge in [-0.15, -0.1) is 0 Å². The molecule has 0 bridgehead atoms. The average molecular weight is 893 g/mol. The van der Waals surface area contributed by atoms with Gasteiger partial charge in [-0.1, -0.05) is 210 Å². The second-order valence-corrected chi connectivity index (χ2v) is 20.5. The van der Waals surface area contributed by atoms with E-state index in [1.54, 1.807) is 0 Å². The molecule has 0 nitrogen and oxygen atoms in total. The highest BCUT2D eigenvalue weighted by Crippen LogP contribution is 2.38. The Labute approximate surface area is 409 Å². The van der Waals surface area contributed by atoms with Crippen molar-refractivity contribution in [3.8, 4) is 44.5 Å². The average Bonchev–Trinajstić information content (AvgIpc) is 3.96. The summed E-state index contributed by atoms with van der Waals surface area (Å²) < 4.78 is 0. The van der Waals surface area contributed by atoms with Gasteiger partial charge in [-0.3, -0.25) is 0 Å². The molecule has 0 amide bonds. The third-order valence-electron chi connectivity index (χ3n) is 15.6. The molecule has 0 unspecified atom stereocenters. The lowest BCUT2D eigenvalue weighted by Gasteiger charge is -2.32. The zero-order valence-corrected chi connectivity index (χ0v) is 40.1. The van der Waals surface area contributed by atoms with E-state index in [2.05, 4.69) is 270 Å². The van der Waals surface area contributed by atoms with Crippen LogP contribution in [0.1, 0.15) is 72.2 Å². The number of benzene rings is 10. The lowest BCUT2D eigenvalue weighted by molar-refractivity contribution is 0.629. The summed E-state index contributed by atoms with van der Waals surface area (Å²) in [5.41, 5.74) is 21.0. The van der Waals surface area contributed by atoms with Gasteiger partial charge in [-0.25, -0.2) is 0 Å². The first-order chi connectivity index (χ1) is 34.2. The molecule has 0 fully saturated rings. The molecule has 0 saturated heterocycles. The van der Waals surface area contributed by atoms with Crippen molar-refractivity contribution in [3.05, 3.63) is 305 Å². The van der Waals surface area contributed by atoms with Crippen molar-refractivity contribution in [2.24, 2.45) is 0 Å². The van der Waals surface area contributed by atoms with Crippen LogP contribution >= 0.6 is 0 Å². The van der Waals surface area contributed by atoms with Crippen molar-refractivity contribution in [3.63, 3.8) is 0 Å². The van der Waals surface area contributed by atoms with Crippen molar-refractivity contribution in [2.45, 2.75) is 38.5 Å². The monoisotopic (exact) mass is 892 g/mol. The van der Waals surface area contributed by atoms with Gasteiger partial charge in [-0.2, -0.15) is 0 Å². The molecule has 0 aromatic heterocycles. The van der Waals surface area contributed by atoms with Crippen molar-refractivity contribution in [2.75, 3.05) is 0 Å². The van der Waals surface area contributed by atoms with Crippen LogP contribution in [0.4, 0.5) is 0 Å². The van der Waals surface area contributed by atoms with E-state index >= 15 is 0 Å². The lowest BCUT2D eigenvalue weighted by atomic mass is 9.72. The molecule has 0 heteroatoms. The van der Waals surface area contributed by atoms with Crippen LogP contribution in [0, 0.1) is 20.9 Å². The Morgan fingerprint density at radius 1 is 0.243 bits per heavy atom. The summed E-state index contributed by atoms with van der Waals surface area (Å²) in [5, 5.41) is 10.7. The number of rotatable bonds is 4. The molecule has 4 aliphatic rings. The number of hydrogen-bond donors (Lipinski definition) is 0. The summed E-state index contributed by atoms with van der Waals surface area (Å²) >= 11 is 0. The van der Waals surface area contributed by atoms with Crippen LogP contribution < -0.4 is 20.9 Å². The predicted octanol–water partition coefficient (Wildman–Crippen LogP) is 13.8. The van der Waals surface area contributed by atoms with Gasteiger partial charge in [0.25, 0.3) is 0 Å². The van der Waals surface area contributed by atoms with E-state index in [1.807, 2.05) is 0 Å². The van der Waals surface area contributed by atoms with Crippen LogP contribution in [0.15, 0.2) is 218 Å². The summed E-state index contributed by atoms with van der Waals surface area (Å²) in [7, 11) is 0. The van der Waals surface area contributed by atoms with Crippen LogP contribution in [0.5, 0.6) is 0 Å². The largest absolute Gasteiger partial charge is 0.0622 e. The molecule has 4 aliphatic carbocycles. The topological polar surface area (TPSA) is 0 Å². The molecule has 70 heavy (non-hydrogen) atoms. The Bertz CT molecular complexity index is 3990. The van der Waals surface area contributed by atoms with Gasteiger partial charge >= 0.3 is 0 Å². The molecule has 0 atom stereocenters. The van der Waals surface area contributed by atoms with Crippen molar-refractivity contribution in [1.29, 1.82) is 0 Å². The third-order valence-corrected chi connectivity index (χ3v) is 15.6. The fourth-order valence-corrected chi connectivity index (χ4v) is 12.1. The van der Waals surface area contributed by atoms with E-state index < -0.39 is 0 Å². The van der Waals surface area contributed by atoms with Gasteiger partial charge in [0.1, 0.15) is 0 Å². The fraction of sp³-hybridized carbons (Fsp3) is 0.0857. The number of hydrogen-bond acceptors (Lipinski definition) is 0. The maximum atomic E-state index is 2.46. The van der Waals surface area contributed by atoms with Gasteiger partial charge in [0.05, 0.1) is 0 Å². The van der Waals surface area contributed by atoms with E-state index in [-0.39, 0.29) is 10.8 Å². The summed E-state index contributed by atoms with van der Waals surface area (Å²) in [5.74, 6) is 0. The molecule has 10 aromatic rings. The molecule has 0 radical (unpaired) electrons. The summed E-state index contributed by atoms with van der Waals surface area (Å²) in [4.78, 5) is 0. The molecule has 0 saturated carbocycles. The smallest absolute Gasteiger partial charge is 0.0158 e. The molecular weight excluding hydrogens is 841 g/mol. The van der Waals surface area contributed by atoms with Crippen LogP contribution in [-0.2, 0) is 10.8 Å². The summed E-state index contributed by atoms with van der Waals surface area (Å²) in [6.07, 6.45) is 9.43. The van der Waals surface area contributed by atoms with E-state index in [4.69, 9.17) is 0 Å². The Balaban J connectivity index is 0.000000137. The first-order valence-corrected chi connectivity index (χ1v) is 24.7. The van der Waals surface area contributed by atoms with E-state index in [1.165, 1.54) is 131 Å². The van der Waals surface area contributed by atoms with Crippen molar-refractivity contribution >= 4 is 24.3 Å². The molecule has 0 heterocycles. The Hall–Kier alpha value is -8.32. The van der Waals surface area contributed by atoms with Crippen LogP contribution in [-0.4, -0.2) is 0 Å². The van der Waals surface area contributed by atoms with Gasteiger partial charge in [0.15, 0.2) is 0 Å². The number of fused-ring (bicyclic) bond motifs is 8. The minimum absolute atomic E-state index is 0.0410. The fourth-order valence-electron chi connectivity index (χ4n) is 12.1. The highest BCUT2D eigenvalue weighted by molar-refractivity contribution is 5.78. The van der Waals surface area contributed by atoms with Crippen molar-refractivity contribution < 1.29 is 0 Å². The van der Waals surface area contributed by atoms with E-state index in [0.717, 1.165) is 0 Å². The molecular formula is C70H52. The van der Waals surface area contributed by atoms with E-state index in [9.17, 15) is 0 Å². The zero-order valence-electron chi connectivity index (χ0n) is 40.1. The second kappa shape index (κ2) is 16.2. The van der Waals surface area contributed by atoms with E-state index in [0.29, 0.717) is 0 Å². The zero-order chi connectivity index (χ0) is 47.1. The highest BCUT2D eigenvalue weighted by Gasteiger charge is 2.31. The molecule has 0 N–H and O–H groups in total. The molecule has 14 rings (SSSR count).